The summed E-state index contributed by atoms with van der Waals surface area (Å²) >= 11 is 2.34. The van der Waals surface area contributed by atoms with E-state index in [4.69, 9.17) is 5.73 Å². The summed E-state index contributed by atoms with van der Waals surface area (Å²) in [6, 6.07) is 6.06. The molecule has 1 aromatic carbocycles. The predicted molar refractivity (Wildman–Crippen MR) is 78.6 cm³/mol. The van der Waals surface area contributed by atoms with Gasteiger partial charge < -0.3 is 11.1 Å². The second-order valence-corrected chi connectivity index (χ2v) is 5.95. The first-order valence-corrected chi connectivity index (χ1v) is 7.03. The van der Waals surface area contributed by atoms with Gasteiger partial charge >= 0.3 is 0 Å². The van der Waals surface area contributed by atoms with Crippen molar-refractivity contribution in [2.75, 3.05) is 17.6 Å². The van der Waals surface area contributed by atoms with Crippen LogP contribution in [0.4, 0.5) is 11.4 Å². The lowest BCUT2D eigenvalue weighted by Gasteiger charge is -2.17. The molecule has 1 aliphatic carbocycles. The van der Waals surface area contributed by atoms with Gasteiger partial charge in [-0.25, -0.2) is 0 Å². The van der Waals surface area contributed by atoms with Gasteiger partial charge in [0, 0.05) is 21.5 Å². The zero-order chi connectivity index (χ0) is 11.5. The Morgan fingerprint density at radius 1 is 1.44 bits per heavy atom. The van der Waals surface area contributed by atoms with Crippen LogP contribution in [0.2, 0.25) is 0 Å². The molecule has 1 saturated carbocycles. The van der Waals surface area contributed by atoms with E-state index in [1.165, 1.54) is 28.5 Å². The van der Waals surface area contributed by atoms with Gasteiger partial charge in [0.05, 0.1) is 0 Å². The average molecular weight is 330 g/mol. The van der Waals surface area contributed by atoms with E-state index in [1.807, 2.05) is 12.1 Å². The van der Waals surface area contributed by atoms with Crippen LogP contribution < -0.4 is 11.1 Å². The molecule has 88 valence electrons. The number of nitrogens with two attached hydrogens (primary N) is 1. The minimum absolute atomic E-state index is 0.837. The molecule has 0 aromatic heterocycles. The number of halogens is 1. The molecule has 1 aliphatic rings. The third kappa shape index (κ3) is 2.81. The van der Waals surface area contributed by atoms with Gasteiger partial charge in [-0.3, -0.25) is 0 Å². The number of anilines is 2. The Morgan fingerprint density at radius 2 is 2.25 bits per heavy atom. The highest BCUT2D eigenvalue weighted by Gasteiger charge is 2.22. The van der Waals surface area contributed by atoms with Crippen molar-refractivity contribution in [2.45, 2.75) is 26.2 Å². The smallest absolute Gasteiger partial charge is 0.0477 e. The van der Waals surface area contributed by atoms with E-state index in [0.717, 1.165) is 24.1 Å². The fourth-order valence-electron chi connectivity index (χ4n) is 2.44. The molecule has 1 fully saturated rings. The van der Waals surface area contributed by atoms with Gasteiger partial charge in [0.1, 0.15) is 0 Å². The van der Waals surface area contributed by atoms with Crippen LogP contribution in [0, 0.1) is 15.4 Å². The molecule has 1 aromatic rings. The lowest BCUT2D eigenvalue weighted by atomic mass is 9.98. The zero-order valence-corrected chi connectivity index (χ0v) is 11.8. The minimum atomic E-state index is 0.837. The lowest BCUT2D eigenvalue weighted by molar-refractivity contribution is 0.439. The summed E-state index contributed by atoms with van der Waals surface area (Å²) in [4.78, 5) is 0. The normalized spacial score (nSPS) is 24.6. The van der Waals surface area contributed by atoms with Gasteiger partial charge in [-0.05, 0) is 59.0 Å². The Morgan fingerprint density at radius 3 is 2.88 bits per heavy atom. The van der Waals surface area contributed by atoms with Crippen LogP contribution in [0.1, 0.15) is 26.2 Å². The van der Waals surface area contributed by atoms with Gasteiger partial charge in [0.25, 0.3) is 0 Å². The van der Waals surface area contributed by atoms with Crippen molar-refractivity contribution in [3.63, 3.8) is 0 Å². The van der Waals surface area contributed by atoms with Crippen LogP contribution in [-0.2, 0) is 0 Å². The van der Waals surface area contributed by atoms with Crippen molar-refractivity contribution in [3.8, 4) is 0 Å². The van der Waals surface area contributed by atoms with E-state index in [9.17, 15) is 0 Å². The fourth-order valence-corrected chi connectivity index (χ4v) is 3.17. The topological polar surface area (TPSA) is 38.0 Å². The van der Waals surface area contributed by atoms with Crippen LogP contribution >= 0.6 is 22.6 Å². The Hall–Kier alpha value is -0.450. The molecule has 16 heavy (non-hydrogen) atoms. The first-order valence-electron chi connectivity index (χ1n) is 5.95. The van der Waals surface area contributed by atoms with Crippen molar-refractivity contribution in [1.29, 1.82) is 0 Å². The molecule has 3 N–H and O–H groups in total. The molecule has 0 saturated heterocycles. The van der Waals surface area contributed by atoms with Gasteiger partial charge in [-0.1, -0.05) is 19.8 Å². The van der Waals surface area contributed by atoms with Crippen molar-refractivity contribution < 1.29 is 0 Å². The standard InChI is InChI=1S/C13H19IN2/c1-9-3-2-4-10(9)8-16-13-6-5-11(15)7-12(13)14/h5-7,9-10,16H,2-4,8,15H2,1H3. The Bertz CT molecular complexity index is 365. The van der Waals surface area contributed by atoms with Gasteiger partial charge in [0.2, 0.25) is 0 Å². The molecule has 0 amide bonds. The Balaban J connectivity index is 1.94. The van der Waals surface area contributed by atoms with E-state index < -0.39 is 0 Å². The number of nitrogens with one attached hydrogen (secondary N) is 1. The summed E-state index contributed by atoms with van der Waals surface area (Å²) in [5, 5.41) is 3.55. The van der Waals surface area contributed by atoms with Crippen LogP contribution in [0.5, 0.6) is 0 Å². The SMILES string of the molecule is CC1CCCC1CNc1ccc(N)cc1I. The summed E-state index contributed by atoms with van der Waals surface area (Å²) in [5.41, 5.74) is 7.79. The van der Waals surface area contributed by atoms with Crippen molar-refractivity contribution in [3.05, 3.63) is 21.8 Å². The van der Waals surface area contributed by atoms with E-state index in [2.05, 4.69) is 40.9 Å². The number of hydrogen-bond acceptors (Lipinski definition) is 2. The number of hydrogen-bond donors (Lipinski definition) is 2. The van der Waals surface area contributed by atoms with Crippen molar-refractivity contribution >= 4 is 34.0 Å². The zero-order valence-electron chi connectivity index (χ0n) is 9.67. The summed E-state index contributed by atoms with van der Waals surface area (Å²) in [6.07, 6.45) is 4.16. The Kier molecular flexibility index (Phi) is 3.95. The summed E-state index contributed by atoms with van der Waals surface area (Å²) in [6.45, 7) is 3.47. The fraction of sp³-hybridized carbons (Fsp3) is 0.538. The third-order valence-corrected chi connectivity index (χ3v) is 4.48. The van der Waals surface area contributed by atoms with Crippen LogP contribution in [0.3, 0.4) is 0 Å². The number of rotatable bonds is 3. The largest absolute Gasteiger partial charge is 0.399 e. The van der Waals surface area contributed by atoms with Crippen LogP contribution in [-0.4, -0.2) is 6.54 Å². The van der Waals surface area contributed by atoms with E-state index in [-0.39, 0.29) is 0 Å². The molecule has 2 nitrogen and oxygen atoms in total. The number of nitrogen functional groups attached to an aromatic ring is 1. The van der Waals surface area contributed by atoms with E-state index in [1.54, 1.807) is 0 Å². The van der Waals surface area contributed by atoms with E-state index >= 15 is 0 Å². The second-order valence-electron chi connectivity index (χ2n) is 4.79. The maximum absolute atomic E-state index is 5.74. The lowest BCUT2D eigenvalue weighted by Crippen LogP contribution is -2.16. The van der Waals surface area contributed by atoms with Crippen molar-refractivity contribution in [2.24, 2.45) is 11.8 Å². The molecule has 0 aliphatic heterocycles. The van der Waals surface area contributed by atoms with Gasteiger partial charge in [0.15, 0.2) is 0 Å². The van der Waals surface area contributed by atoms with Crippen LogP contribution in [0.15, 0.2) is 18.2 Å². The predicted octanol–water partition coefficient (Wildman–Crippen LogP) is 3.72. The first-order chi connectivity index (χ1) is 7.66. The van der Waals surface area contributed by atoms with E-state index in [0.29, 0.717) is 0 Å². The maximum atomic E-state index is 5.74. The summed E-state index contributed by atoms with van der Waals surface area (Å²) in [7, 11) is 0. The Labute approximate surface area is 111 Å². The quantitative estimate of drug-likeness (QED) is 0.655. The van der Waals surface area contributed by atoms with Gasteiger partial charge in [-0.2, -0.15) is 0 Å². The molecule has 0 radical (unpaired) electrons. The minimum Gasteiger partial charge on any atom is -0.399 e. The molecule has 0 heterocycles. The molecular formula is C13H19IN2. The highest BCUT2D eigenvalue weighted by Crippen LogP contribution is 2.31. The van der Waals surface area contributed by atoms with Gasteiger partial charge in [-0.15, -0.1) is 0 Å². The monoisotopic (exact) mass is 330 g/mol. The summed E-state index contributed by atoms with van der Waals surface area (Å²) < 4.78 is 1.21. The molecule has 0 spiro atoms. The molecule has 0 bridgehead atoms. The highest BCUT2D eigenvalue weighted by atomic mass is 127. The molecule has 2 atom stereocenters. The molecule has 2 rings (SSSR count). The molecule has 3 heteroatoms. The molecular weight excluding hydrogens is 311 g/mol. The second kappa shape index (κ2) is 5.25. The number of benzene rings is 1. The maximum Gasteiger partial charge on any atom is 0.0477 e. The van der Waals surface area contributed by atoms with Crippen molar-refractivity contribution in [1.82, 2.24) is 0 Å². The van der Waals surface area contributed by atoms with Crippen LogP contribution in [0.25, 0.3) is 0 Å². The molecule has 2 unspecified atom stereocenters. The average Bonchev–Trinajstić information content (AvgIpc) is 2.63. The summed E-state index contributed by atoms with van der Waals surface area (Å²) in [5.74, 6) is 1.72. The first kappa shape index (κ1) is 12.0. The highest BCUT2D eigenvalue weighted by molar-refractivity contribution is 14.1. The third-order valence-electron chi connectivity index (χ3n) is 3.59.